The summed E-state index contributed by atoms with van der Waals surface area (Å²) in [4.78, 5) is 7.77. The van der Waals surface area contributed by atoms with Crippen LogP contribution in [0.5, 0.6) is 0 Å². The minimum Gasteiger partial charge on any atom is -0.346 e. The molecule has 1 fully saturated rings. The zero-order chi connectivity index (χ0) is 13.2. The first-order chi connectivity index (χ1) is 8.48. The van der Waals surface area contributed by atoms with Crippen LogP contribution in [0.4, 0.5) is 18.3 Å². The molecule has 0 amide bonds. The molecule has 1 aliphatic heterocycles. The Morgan fingerprint density at radius 1 is 1.28 bits per heavy atom. The van der Waals surface area contributed by atoms with Crippen LogP contribution in [0.25, 0.3) is 0 Å². The monoisotopic (exact) mass is 280 g/mol. The fraction of sp³-hybridized carbons (Fsp3) is 0.700. The molecule has 102 valence electrons. The second-order valence-electron chi connectivity index (χ2n) is 4.20. The Bertz CT molecular complexity index is 385. The predicted octanol–water partition coefficient (Wildman–Crippen LogP) is 1.29. The van der Waals surface area contributed by atoms with Gasteiger partial charge in [-0.2, -0.15) is 13.2 Å². The molecule has 0 aromatic carbocycles. The lowest BCUT2D eigenvalue weighted by Crippen LogP contribution is -2.49. The molecular weight excluding hydrogens is 265 g/mol. The Labute approximate surface area is 107 Å². The van der Waals surface area contributed by atoms with Gasteiger partial charge in [-0.1, -0.05) is 0 Å². The van der Waals surface area contributed by atoms with Crippen molar-refractivity contribution in [3.8, 4) is 0 Å². The highest BCUT2D eigenvalue weighted by molar-refractivity contribution is 7.13. The maximum absolute atomic E-state index is 12.2. The summed E-state index contributed by atoms with van der Waals surface area (Å²) in [5.74, 6) is 0. The second-order valence-corrected chi connectivity index (χ2v) is 5.04. The molecule has 0 bridgehead atoms. The van der Waals surface area contributed by atoms with E-state index in [0.29, 0.717) is 32.7 Å². The van der Waals surface area contributed by atoms with Crippen molar-refractivity contribution in [1.82, 2.24) is 9.88 Å². The van der Waals surface area contributed by atoms with Gasteiger partial charge in [-0.25, -0.2) is 4.98 Å². The standard InChI is InChI=1S/C10H15F3N4S/c11-10(12,13)7-16-1-3-17(4-2-16)9-15-8(5-14)6-18-9/h6H,1-5,7,14H2. The topological polar surface area (TPSA) is 45.4 Å². The number of hydrogen-bond acceptors (Lipinski definition) is 5. The summed E-state index contributed by atoms with van der Waals surface area (Å²) in [6.07, 6.45) is -4.12. The van der Waals surface area contributed by atoms with Gasteiger partial charge in [0.15, 0.2) is 5.13 Å². The van der Waals surface area contributed by atoms with Crippen molar-refractivity contribution in [2.75, 3.05) is 37.6 Å². The van der Waals surface area contributed by atoms with E-state index in [1.165, 1.54) is 16.2 Å². The minimum absolute atomic E-state index is 0.393. The van der Waals surface area contributed by atoms with Crippen LogP contribution < -0.4 is 10.6 Å². The van der Waals surface area contributed by atoms with Crippen LogP contribution in [0.2, 0.25) is 0 Å². The fourth-order valence-electron chi connectivity index (χ4n) is 1.89. The average molecular weight is 280 g/mol. The number of aromatic nitrogens is 1. The molecule has 0 radical (unpaired) electrons. The van der Waals surface area contributed by atoms with Crippen LogP contribution in [-0.2, 0) is 6.54 Å². The smallest absolute Gasteiger partial charge is 0.346 e. The van der Waals surface area contributed by atoms with Crippen LogP contribution in [-0.4, -0.2) is 48.8 Å². The summed E-state index contributed by atoms with van der Waals surface area (Å²) in [7, 11) is 0. The Kier molecular flexibility index (Phi) is 4.08. The summed E-state index contributed by atoms with van der Waals surface area (Å²) in [6, 6.07) is 0. The Morgan fingerprint density at radius 2 is 1.94 bits per heavy atom. The first-order valence-corrected chi connectivity index (χ1v) is 6.54. The van der Waals surface area contributed by atoms with Crippen LogP contribution in [0, 0.1) is 0 Å². The quantitative estimate of drug-likeness (QED) is 0.906. The summed E-state index contributed by atoms with van der Waals surface area (Å²) in [5.41, 5.74) is 6.30. The van der Waals surface area contributed by atoms with Gasteiger partial charge in [-0.05, 0) is 0 Å². The lowest BCUT2D eigenvalue weighted by atomic mass is 10.3. The van der Waals surface area contributed by atoms with Crippen molar-refractivity contribution in [3.63, 3.8) is 0 Å². The van der Waals surface area contributed by atoms with Gasteiger partial charge in [0.25, 0.3) is 0 Å². The molecule has 8 heteroatoms. The Hall–Kier alpha value is -0.860. The molecule has 1 saturated heterocycles. The minimum atomic E-state index is -4.12. The van der Waals surface area contributed by atoms with E-state index in [1.54, 1.807) is 0 Å². The van der Waals surface area contributed by atoms with E-state index in [1.807, 2.05) is 10.3 Å². The van der Waals surface area contributed by atoms with Gasteiger partial charge in [0.05, 0.1) is 12.2 Å². The molecule has 0 unspecified atom stereocenters. The number of rotatable bonds is 3. The number of anilines is 1. The van der Waals surface area contributed by atoms with Crippen molar-refractivity contribution in [1.29, 1.82) is 0 Å². The van der Waals surface area contributed by atoms with Crippen LogP contribution >= 0.6 is 11.3 Å². The molecule has 1 aromatic heterocycles. The number of alkyl halides is 3. The third kappa shape index (κ3) is 3.56. The number of hydrogen-bond donors (Lipinski definition) is 1. The van der Waals surface area contributed by atoms with Crippen molar-refractivity contribution in [3.05, 3.63) is 11.1 Å². The Morgan fingerprint density at radius 3 is 2.44 bits per heavy atom. The van der Waals surface area contributed by atoms with Crippen molar-refractivity contribution in [2.45, 2.75) is 12.7 Å². The molecule has 18 heavy (non-hydrogen) atoms. The van der Waals surface area contributed by atoms with Gasteiger partial charge in [0.1, 0.15) is 0 Å². The molecule has 1 aliphatic rings. The van der Waals surface area contributed by atoms with Gasteiger partial charge in [0.2, 0.25) is 0 Å². The summed E-state index contributed by atoms with van der Waals surface area (Å²) >= 11 is 1.49. The van der Waals surface area contributed by atoms with E-state index in [4.69, 9.17) is 5.73 Å². The molecule has 0 atom stereocenters. The van der Waals surface area contributed by atoms with E-state index in [-0.39, 0.29) is 0 Å². The van der Waals surface area contributed by atoms with Crippen molar-refractivity contribution in [2.24, 2.45) is 5.73 Å². The van der Waals surface area contributed by atoms with Crippen LogP contribution in [0.1, 0.15) is 5.69 Å². The van der Waals surface area contributed by atoms with E-state index >= 15 is 0 Å². The summed E-state index contributed by atoms with van der Waals surface area (Å²) in [5, 5.41) is 2.74. The van der Waals surface area contributed by atoms with E-state index < -0.39 is 12.7 Å². The van der Waals surface area contributed by atoms with Crippen LogP contribution in [0.3, 0.4) is 0 Å². The molecule has 4 nitrogen and oxygen atoms in total. The summed E-state index contributed by atoms with van der Waals surface area (Å²) < 4.78 is 36.7. The number of nitrogens with two attached hydrogens (primary N) is 1. The summed E-state index contributed by atoms with van der Waals surface area (Å²) in [6.45, 7) is 1.55. The molecule has 2 heterocycles. The second kappa shape index (κ2) is 5.41. The number of nitrogens with zero attached hydrogens (tertiary/aromatic N) is 3. The molecular formula is C10H15F3N4S. The van der Waals surface area contributed by atoms with Gasteiger partial charge < -0.3 is 10.6 Å². The fourth-order valence-corrected chi connectivity index (χ4v) is 2.78. The van der Waals surface area contributed by atoms with E-state index in [9.17, 15) is 13.2 Å². The highest BCUT2D eigenvalue weighted by Crippen LogP contribution is 2.23. The zero-order valence-electron chi connectivity index (χ0n) is 9.78. The molecule has 2 N–H and O–H groups in total. The maximum Gasteiger partial charge on any atom is 0.401 e. The zero-order valence-corrected chi connectivity index (χ0v) is 10.6. The lowest BCUT2D eigenvalue weighted by molar-refractivity contribution is -0.146. The average Bonchev–Trinajstić information content (AvgIpc) is 2.76. The maximum atomic E-state index is 12.2. The highest BCUT2D eigenvalue weighted by atomic mass is 32.1. The highest BCUT2D eigenvalue weighted by Gasteiger charge is 2.32. The third-order valence-electron chi connectivity index (χ3n) is 2.79. The van der Waals surface area contributed by atoms with Gasteiger partial charge >= 0.3 is 6.18 Å². The van der Waals surface area contributed by atoms with E-state index in [0.717, 1.165) is 10.8 Å². The lowest BCUT2D eigenvalue weighted by Gasteiger charge is -2.34. The first kappa shape index (κ1) is 13.6. The third-order valence-corrected chi connectivity index (χ3v) is 3.74. The van der Waals surface area contributed by atoms with Gasteiger partial charge in [0, 0.05) is 38.1 Å². The largest absolute Gasteiger partial charge is 0.401 e. The van der Waals surface area contributed by atoms with Crippen LogP contribution in [0.15, 0.2) is 5.38 Å². The van der Waals surface area contributed by atoms with E-state index in [2.05, 4.69) is 4.98 Å². The van der Waals surface area contributed by atoms with Crippen molar-refractivity contribution < 1.29 is 13.2 Å². The molecule has 0 aliphatic carbocycles. The predicted molar refractivity (Wildman–Crippen MR) is 64.7 cm³/mol. The number of thiazole rings is 1. The first-order valence-electron chi connectivity index (χ1n) is 5.66. The molecule has 0 spiro atoms. The van der Waals surface area contributed by atoms with Crippen molar-refractivity contribution >= 4 is 16.5 Å². The Balaban J connectivity index is 1.86. The normalized spacial score (nSPS) is 18.3. The molecule has 1 aromatic rings. The SMILES string of the molecule is NCc1csc(N2CCN(CC(F)(F)F)CC2)n1. The molecule has 2 rings (SSSR count). The van der Waals surface area contributed by atoms with Gasteiger partial charge in [-0.15, -0.1) is 11.3 Å². The number of piperazine rings is 1. The number of halogens is 3. The molecule has 0 saturated carbocycles. The van der Waals surface area contributed by atoms with Gasteiger partial charge in [-0.3, -0.25) is 4.90 Å².